The van der Waals surface area contributed by atoms with Crippen LogP contribution in [0.3, 0.4) is 0 Å². The van der Waals surface area contributed by atoms with E-state index in [1.54, 1.807) is 13.2 Å². The number of hydrogen-bond acceptors (Lipinski definition) is 5. The second kappa shape index (κ2) is 8.01. The Morgan fingerprint density at radius 2 is 1.59 bits per heavy atom. The number of non-ortho nitro benzene ring substituents is 1. The predicted molar refractivity (Wildman–Crippen MR) is 101 cm³/mol. The van der Waals surface area contributed by atoms with E-state index in [0.717, 1.165) is 16.9 Å². The van der Waals surface area contributed by atoms with Gasteiger partial charge in [-0.15, -0.1) is 0 Å². The van der Waals surface area contributed by atoms with E-state index in [9.17, 15) is 14.9 Å². The summed E-state index contributed by atoms with van der Waals surface area (Å²) < 4.78 is 10.3. The number of nitro groups is 1. The summed E-state index contributed by atoms with van der Waals surface area (Å²) in [5.41, 5.74) is 2.39. The third-order valence-electron chi connectivity index (χ3n) is 3.79. The summed E-state index contributed by atoms with van der Waals surface area (Å²) in [4.78, 5) is 22.2. The number of nitrogens with one attached hydrogen (secondary N) is 1. The van der Waals surface area contributed by atoms with Crippen LogP contribution in [-0.4, -0.2) is 18.1 Å². The molecule has 0 unspecified atom stereocenters. The lowest BCUT2D eigenvalue weighted by Crippen LogP contribution is -2.16. The second-order valence-electron chi connectivity index (χ2n) is 5.57. The van der Waals surface area contributed by atoms with Crippen LogP contribution in [0.4, 0.5) is 16.2 Å². The van der Waals surface area contributed by atoms with Crippen LogP contribution in [0.1, 0.15) is 0 Å². The number of amides is 1. The van der Waals surface area contributed by atoms with Gasteiger partial charge in [-0.25, -0.2) is 4.79 Å². The number of carbonyl (C=O) groups is 1. The number of nitro benzene ring substituents is 1. The summed E-state index contributed by atoms with van der Waals surface area (Å²) in [5, 5.41) is 13.3. The maximum atomic E-state index is 12.0. The maximum Gasteiger partial charge on any atom is 0.417 e. The molecular formula is C20H16N2O5. The van der Waals surface area contributed by atoms with Gasteiger partial charge in [-0.05, 0) is 47.5 Å². The largest absolute Gasteiger partial charge is 0.497 e. The van der Waals surface area contributed by atoms with Crippen LogP contribution in [0.2, 0.25) is 0 Å². The van der Waals surface area contributed by atoms with E-state index in [0.29, 0.717) is 5.69 Å². The number of benzene rings is 3. The Hall–Kier alpha value is -3.87. The third kappa shape index (κ3) is 4.60. The number of carbonyl (C=O) groups excluding carboxylic acids is 1. The molecule has 0 saturated carbocycles. The van der Waals surface area contributed by atoms with Gasteiger partial charge >= 0.3 is 6.09 Å². The summed E-state index contributed by atoms with van der Waals surface area (Å²) in [6, 6.07) is 20.1. The molecule has 0 bridgehead atoms. The molecule has 0 saturated heterocycles. The standard InChI is InChI=1S/C20H16N2O5/c1-26-18-9-5-14(6-10-18)15-3-2-4-16(13-15)21-20(23)27-19-11-7-17(8-12-19)22(24)25/h2-13H,1H3,(H,21,23). The molecule has 0 aliphatic heterocycles. The van der Waals surface area contributed by atoms with E-state index < -0.39 is 11.0 Å². The molecule has 1 amide bonds. The van der Waals surface area contributed by atoms with Crippen molar-refractivity contribution in [3.05, 3.63) is 82.9 Å². The van der Waals surface area contributed by atoms with Gasteiger partial charge in [0.25, 0.3) is 5.69 Å². The minimum Gasteiger partial charge on any atom is -0.497 e. The van der Waals surface area contributed by atoms with Crippen LogP contribution in [0.5, 0.6) is 11.5 Å². The summed E-state index contributed by atoms with van der Waals surface area (Å²) in [5.74, 6) is 0.976. The maximum absolute atomic E-state index is 12.0. The molecule has 0 radical (unpaired) electrons. The second-order valence-corrected chi connectivity index (χ2v) is 5.57. The fourth-order valence-electron chi connectivity index (χ4n) is 2.45. The van der Waals surface area contributed by atoms with E-state index in [1.807, 2.05) is 42.5 Å². The molecule has 7 nitrogen and oxygen atoms in total. The normalized spacial score (nSPS) is 10.1. The van der Waals surface area contributed by atoms with E-state index in [4.69, 9.17) is 9.47 Å². The van der Waals surface area contributed by atoms with Crippen molar-refractivity contribution < 1.29 is 19.2 Å². The third-order valence-corrected chi connectivity index (χ3v) is 3.79. The lowest BCUT2D eigenvalue weighted by molar-refractivity contribution is -0.384. The van der Waals surface area contributed by atoms with Gasteiger partial charge in [-0.1, -0.05) is 24.3 Å². The number of nitrogens with zero attached hydrogens (tertiary/aromatic N) is 1. The molecule has 3 rings (SSSR count). The van der Waals surface area contributed by atoms with Crippen LogP contribution in [0.15, 0.2) is 72.8 Å². The van der Waals surface area contributed by atoms with Crippen molar-refractivity contribution in [1.82, 2.24) is 0 Å². The minimum absolute atomic E-state index is 0.0741. The molecular weight excluding hydrogens is 348 g/mol. The molecule has 27 heavy (non-hydrogen) atoms. The van der Waals surface area contributed by atoms with Crippen molar-refractivity contribution in [2.24, 2.45) is 0 Å². The SMILES string of the molecule is COc1ccc(-c2cccc(NC(=O)Oc3ccc([N+](=O)[O-])cc3)c2)cc1. The molecule has 3 aromatic carbocycles. The Balaban J connectivity index is 1.68. The first-order valence-electron chi connectivity index (χ1n) is 8.03. The average molecular weight is 364 g/mol. The molecule has 0 atom stereocenters. The van der Waals surface area contributed by atoms with Crippen LogP contribution in [0.25, 0.3) is 11.1 Å². The van der Waals surface area contributed by atoms with Gasteiger partial charge in [0.1, 0.15) is 11.5 Å². The molecule has 1 N–H and O–H groups in total. The van der Waals surface area contributed by atoms with Crippen molar-refractivity contribution in [2.45, 2.75) is 0 Å². The minimum atomic E-state index is -0.685. The van der Waals surface area contributed by atoms with Gasteiger partial charge in [0, 0.05) is 17.8 Å². The first kappa shape index (κ1) is 17.9. The summed E-state index contributed by atoms with van der Waals surface area (Å²) in [6.07, 6.45) is -0.685. The summed E-state index contributed by atoms with van der Waals surface area (Å²) >= 11 is 0. The van der Waals surface area contributed by atoms with Gasteiger partial charge < -0.3 is 9.47 Å². The van der Waals surface area contributed by atoms with Crippen LogP contribution in [0, 0.1) is 10.1 Å². The number of methoxy groups -OCH3 is 1. The van der Waals surface area contributed by atoms with E-state index in [-0.39, 0.29) is 11.4 Å². The van der Waals surface area contributed by atoms with Gasteiger partial charge in [-0.2, -0.15) is 0 Å². The van der Waals surface area contributed by atoms with E-state index >= 15 is 0 Å². The lowest BCUT2D eigenvalue weighted by Gasteiger charge is -2.09. The number of anilines is 1. The first-order chi connectivity index (χ1) is 13.0. The zero-order valence-electron chi connectivity index (χ0n) is 14.4. The van der Waals surface area contributed by atoms with Crippen molar-refractivity contribution >= 4 is 17.5 Å². The Bertz CT molecular complexity index is 953. The van der Waals surface area contributed by atoms with Crippen LogP contribution in [-0.2, 0) is 0 Å². The molecule has 0 aliphatic carbocycles. The quantitative estimate of drug-likeness (QED) is 0.514. The van der Waals surface area contributed by atoms with E-state index in [1.165, 1.54) is 24.3 Å². The number of hydrogen-bond donors (Lipinski definition) is 1. The lowest BCUT2D eigenvalue weighted by atomic mass is 10.1. The number of rotatable bonds is 5. The smallest absolute Gasteiger partial charge is 0.417 e. The molecule has 7 heteroatoms. The van der Waals surface area contributed by atoms with Crippen LogP contribution < -0.4 is 14.8 Å². The highest BCUT2D eigenvalue weighted by atomic mass is 16.6. The zero-order valence-corrected chi connectivity index (χ0v) is 14.4. The van der Waals surface area contributed by atoms with Crippen molar-refractivity contribution in [3.63, 3.8) is 0 Å². The average Bonchev–Trinajstić information content (AvgIpc) is 2.68. The molecule has 136 valence electrons. The monoisotopic (exact) mass is 364 g/mol. The highest BCUT2D eigenvalue weighted by Gasteiger charge is 2.09. The molecule has 0 aliphatic rings. The van der Waals surface area contributed by atoms with Gasteiger partial charge in [0.15, 0.2) is 0 Å². The van der Waals surface area contributed by atoms with Gasteiger partial charge in [0.2, 0.25) is 0 Å². The van der Waals surface area contributed by atoms with Crippen molar-refractivity contribution in [3.8, 4) is 22.6 Å². The Kier molecular flexibility index (Phi) is 5.32. The molecule has 0 fully saturated rings. The topological polar surface area (TPSA) is 90.7 Å². The Morgan fingerprint density at radius 3 is 2.22 bits per heavy atom. The summed E-state index contributed by atoms with van der Waals surface area (Å²) in [7, 11) is 1.61. The first-order valence-corrected chi connectivity index (χ1v) is 8.03. The molecule has 3 aromatic rings. The number of ether oxygens (including phenoxy) is 2. The zero-order chi connectivity index (χ0) is 19.2. The Morgan fingerprint density at radius 1 is 0.926 bits per heavy atom. The highest BCUT2D eigenvalue weighted by Crippen LogP contribution is 2.25. The summed E-state index contributed by atoms with van der Waals surface area (Å²) in [6.45, 7) is 0. The predicted octanol–water partition coefficient (Wildman–Crippen LogP) is 4.88. The van der Waals surface area contributed by atoms with E-state index in [2.05, 4.69) is 5.32 Å². The van der Waals surface area contributed by atoms with Gasteiger partial charge in [-0.3, -0.25) is 15.4 Å². The molecule has 0 heterocycles. The van der Waals surface area contributed by atoms with Crippen molar-refractivity contribution in [2.75, 3.05) is 12.4 Å². The fourth-order valence-corrected chi connectivity index (χ4v) is 2.45. The van der Waals surface area contributed by atoms with Crippen LogP contribution >= 0.6 is 0 Å². The molecule has 0 aromatic heterocycles. The Labute approximate surface area is 155 Å². The highest BCUT2D eigenvalue weighted by molar-refractivity contribution is 5.87. The van der Waals surface area contributed by atoms with Gasteiger partial charge in [0.05, 0.1) is 12.0 Å². The molecule has 0 spiro atoms. The van der Waals surface area contributed by atoms with Crippen molar-refractivity contribution in [1.29, 1.82) is 0 Å². The fraction of sp³-hybridized carbons (Fsp3) is 0.0500.